The minimum atomic E-state index is -0.668. The number of benzene rings is 2. The fraction of sp³-hybridized carbons (Fsp3) is 0.259. The minimum Gasteiger partial charge on any atom is -0.381 e. The lowest BCUT2D eigenvalue weighted by molar-refractivity contribution is 0.481. The molecule has 0 aromatic heterocycles. The van der Waals surface area contributed by atoms with E-state index >= 15 is 0 Å². The van der Waals surface area contributed by atoms with Crippen LogP contribution in [0.1, 0.15) is 45.7 Å². The Morgan fingerprint density at radius 2 is 1.48 bits per heavy atom. The van der Waals surface area contributed by atoms with Crippen molar-refractivity contribution in [2.45, 2.75) is 41.3 Å². The van der Waals surface area contributed by atoms with Gasteiger partial charge in [0.1, 0.15) is 18.3 Å². The van der Waals surface area contributed by atoms with Gasteiger partial charge in [-0.05, 0) is 87.7 Å². The van der Waals surface area contributed by atoms with Gasteiger partial charge in [-0.15, -0.1) is 6.58 Å². The molecule has 1 nitrogen and oxygen atoms in total. The molecule has 31 heavy (non-hydrogen) atoms. The monoisotopic (exact) mass is 429 g/mol. The molecule has 4 heteroatoms. The maximum atomic E-state index is 12.8. The lowest BCUT2D eigenvalue weighted by atomic mass is 10.00. The fourth-order valence-electron chi connectivity index (χ4n) is 2.25. The van der Waals surface area contributed by atoms with Crippen molar-refractivity contribution < 1.29 is 13.2 Å². The largest absolute Gasteiger partial charge is 0.381 e. The molecule has 0 saturated heterocycles. The van der Waals surface area contributed by atoms with Crippen molar-refractivity contribution in [3.63, 3.8) is 0 Å². The van der Waals surface area contributed by atoms with E-state index in [2.05, 4.69) is 31.5 Å². The van der Waals surface area contributed by atoms with Crippen molar-refractivity contribution >= 4 is 11.3 Å². The van der Waals surface area contributed by atoms with Crippen LogP contribution in [-0.2, 0) is 6.67 Å². The van der Waals surface area contributed by atoms with E-state index in [0.717, 1.165) is 17.8 Å². The van der Waals surface area contributed by atoms with Crippen molar-refractivity contribution in [2.24, 2.45) is 0 Å². The van der Waals surface area contributed by atoms with Gasteiger partial charge < -0.3 is 5.32 Å². The predicted octanol–water partition coefficient (Wildman–Crippen LogP) is 8.67. The molecule has 0 unspecified atom stereocenters. The molecular weight excluding hydrogens is 395 g/mol. The first kappa shape index (κ1) is 28.0. The predicted molar refractivity (Wildman–Crippen MR) is 130 cm³/mol. The first-order valence-electron chi connectivity index (χ1n) is 10.0. The molecule has 0 bridgehead atoms. The molecule has 0 amide bonds. The van der Waals surface area contributed by atoms with E-state index < -0.39 is 12.5 Å². The molecule has 0 heterocycles. The number of anilines is 1. The third-order valence-corrected chi connectivity index (χ3v) is 3.96. The Kier molecular flexibility index (Phi) is 14.2. The summed E-state index contributed by atoms with van der Waals surface area (Å²) in [5.41, 5.74) is 5.26. The zero-order valence-electron chi connectivity index (χ0n) is 19.2. The van der Waals surface area contributed by atoms with Gasteiger partial charge in [0.25, 0.3) is 0 Å². The average molecular weight is 430 g/mol. The number of halogens is 3. The summed E-state index contributed by atoms with van der Waals surface area (Å²) in [6.45, 7) is 17.2. The van der Waals surface area contributed by atoms with Gasteiger partial charge in [-0.2, -0.15) is 0 Å². The van der Waals surface area contributed by atoms with Crippen molar-refractivity contribution in [3.8, 4) is 0 Å². The van der Waals surface area contributed by atoms with Gasteiger partial charge in [-0.1, -0.05) is 42.0 Å². The van der Waals surface area contributed by atoms with E-state index in [0.29, 0.717) is 11.1 Å². The Bertz CT molecular complexity index is 874. The van der Waals surface area contributed by atoms with Gasteiger partial charge >= 0.3 is 0 Å². The molecule has 0 saturated carbocycles. The van der Waals surface area contributed by atoms with Crippen molar-refractivity contribution in [2.75, 3.05) is 11.9 Å². The lowest BCUT2D eigenvalue weighted by Gasteiger charge is -2.07. The number of alkyl halides is 1. The van der Waals surface area contributed by atoms with Crippen LogP contribution in [0.2, 0.25) is 0 Å². The average Bonchev–Trinajstić information content (AvgIpc) is 2.74. The van der Waals surface area contributed by atoms with E-state index in [-0.39, 0.29) is 5.82 Å². The zero-order chi connectivity index (χ0) is 23.8. The van der Waals surface area contributed by atoms with Gasteiger partial charge in [0.15, 0.2) is 0 Å². The molecular formula is C27H34F3N. The quantitative estimate of drug-likeness (QED) is 0.358. The lowest BCUT2D eigenvalue weighted by Crippen LogP contribution is -2.02. The molecule has 0 radical (unpaired) electrons. The molecule has 2 aromatic rings. The highest BCUT2D eigenvalue weighted by atomic mass is 19.1. The summed E-state index contributed by atoms with van der Waals surface area (Å²) in [4.78, 5) is 0. The Balaban J connectivity index is 0.000000497. The molecule has 1 N–H and O–H groups in total. The third kappa shape index (κ3) is 12.3. The van der Waals surface area contributed by atoms with Crippen LogP contribution in [0.15, 0.2) is 85.0 Å². The smallest absolute Gasteiger partial charge is 0.123 e. The maximum Gasteiger partial charge on any atom is 0.123 e. The standard InChI is InChI=1S/C12H12F2.C11H14FN.C4H8/c1-3-9(4-2)12-6-5-11(14)7-10(12)8-13;1-3-9(2)8-13-11-6-4-10(12)5-7-11;1-4(2)3/h3-7H,1,8H2,2H3;3-7,13H,8H2,1-2H3;1H2,2-3H3/b9-4+;9-3+;. The van der Waals surface area contributed by atoms with Crippen molar-refractivity contribution in [1.82, 2.24) is 0 Å². The summed E-state index contributed by atoms with van der Waals surface area (Å²) in [7, 11) is 0. The summed E-state index contributed by atoms with van der Waals surface area (Å²) in [5, 5.41) is 3.19. The second kappa shape index (κ2) is 15.8. The summed E-state index contributed by atoms with van der Waals surface area (Å²) in [6, 6.07) is 10.5. The summed E-state index contributed by atoms with van der Waals surface area (Å²) in [6.07, 6.45) is 5.50. The Morgan fingerprint density at radius 1 is 0.935 bits per heavy atom. The molecule has 0 aliphatic carbocycles. The molecule has 0 aliphatic rings. The van der Waals surface area contributed by atoms with E-state index in [4.69, 9.17) is 0 Å². The summed E-state index contributed by atoms with van der Waals surface area (Å²) >= 11 is 0. The van der Waals surface area contributed by atoms with Crippen LogP contribution in [0, 0.1) is 11.6 Å². The van der Waals surface area contributed by atoms with Crippen LogP contribution in [-0.4, -0.2) is 6.54 Å². The van der Waals surface area contributed by atoms with Crippen molar-refractivity contribution in [3.05, 3.63) is 108 Å². The molecule has 0 atom stereocenters. The van der Waals surface area contributed by atoms with Crippen LogP contribution < -0.4 is 5.32 Å². The van der Waals surface area contributed by atoms with Gasteiger partial charge in [0.05, 0.1) is 0 Å². The topological polar surface area (TPSA) is 12.0 Å². The first-order valence-corrected chi connectivity index (χ1v) is 10.0. The van der Waals surface area contributed by atoms with Crippen molar-refractivity contribution in [1.29, 1.82) is 0 Å². The highest BCUT2D eigenvalue weighted by Crippen LogP contribution is 2.22. The number of allylic oxidation sites excluding steroid dienone is 5. The summed E-state index contributed by atoms with van der Waals surface area (Å²) < 4.78 is 37.9. The van der Waals surface area contributed by atoms with Gasteiger partial charge in [0, 0.05) is 12.2 Å². The third-order valence-electron chi connectivity index (χ3n) is 3.96. The van der Waals surface area contributed by atoms with Crippen LogP contribution >= 0.6 is 0 Å². The highest BCUT2D eigenvalue weighted by molar-refractivity contribution is 5.75. The number of hydrogen-bond donors (Lipinski definition) is 1. The van der Waals surface area contributed by atoms with Crippen LogP contribution in [0.5, 0.6) is 0 Å². The zero-order valence-corrected chi connectivity index (χ0v) is 19.2. The Labute approximate surface area is 185 Å². The number of rotatable bonds is 6. The SMILES string of the molecule is C/C=C(\C)CNc1ccc(F)cc1.C=C(C)C.C=C/C(=C\C)c1ccc(F)cc1CF. The van der Waals surface area contributed by atoms with Crippen LogP contribution in [0.3, 0.4) is 0 Å². The van der Waals surface area contributed by atoms with E-state index in [1.807, 2.05) is 33.8 Å². The first-order chi connectivity index (χ1) is 14.7. The van der Waals surface area contributed by atoms with Gasteiger partial charge in [-0.25, -0.2) is 13.2 Å². The van der Waals surface area contributed by atoms with E-state index in [1.165, 1.54) is 35.4 Å². The molecule has 0 aliphatic heterocycles. The van der Waals surface area contributed by atoms with E-state index in [1.54, 1.807) is 24.3 Å². The molecule has 2 rings (SSSR count). The number of nitrogens with one attached hydrogen (secondary N) is 1. The minimum absolute atomic E-state index is 0.201. The molecule has 0 spiro atoms. The normalized spacial score (nSPS) is 10.8. The van der Waals surface area contributed by atoms with Gasteiger partial charge in [0.2, 0.25) is 0 Å². The Morgan fingerprint density at radius 3 is 1.94 bits per heavy atom. The second-order valence-corrected chi connectivity index (χ2v) is 7.09. The second-order valence-electron chi connectivity index (χ2n) is 7.09. The Hall–Kier alpha value is -3.01. The molecule has 0 fully saturated rings. The molecule has 2 aromatic carbocycles. The highest BCUT2D eigenvalue weighted by Gasteiger charge is 2.05. The van der Waals surface area contributed by atoms with Crippen LogP contribution in [0.4, 0.5) is 18.9 Å². The maximum absolute atomic E-state index is 12.8. The fourth-order valence-corrected chi connectivity index (χ4v) is 2.25. The van der Waals surface area contributed by atoms with Gasteiger partial charge in [-0.3, -0.25) is 0 Å². The number of hydrogen-bond acceptors (Lipinski definition) is 1. The summed E-state index contributed by atoms with van der Waals surface area (Å²) in [5.74, 6) is -0.616. The van der Waals surface area contributed by atoms with E-state index in [9.17, 15) is 13.2 Å². The van der Waals surface area contributed by atoms with Crippen LogP contribution in [0.25, 0.3) is 5.57 Å². The molecule has 168 valence electrons.